The normalized spacial score (nSPS) is 24.9. The molecule has 0 saturated carbocycles. The molecule has 1 saturated heterocycles. The van der Waals surface area contributed by atoms with Crippen molar-refractivity contribution in [3.63, 3.8) is 0 Å². The number of rotatable bonds is 2. The number of hydrogen-bond acceptors (Lipinski definition) is 4. The molecule has 1 aromatic rings. The molecule has 27 heavy (non-hydrogen) atoms. The summed E-state index contributed by atoms with van der Waals surface area (Å²) in [5, 5.41) is 0. The minimum Gasteiger partial charge on any atom is -0.501 e. The average molecular weight is 373 g/mol. The van der Waals surface area contributed by atoms with E-state index >= 15 is 4.39 Å². The average Bonchev–Trinajstić information content (AvgIpc) is 2.82. The molecule has 1 aliphatic carbocycles. The van der Waals surface area contributed by atoms with E-state index in [0.717, 1.165) is 10.5 Å². The number of imide groups is 1. The second-order valence-corrected chi connectivity index (χ2v) is 7.88. The summed E-state index contributed by atoms with van der Waals surface area (Å²) >= 11 is 0. The number of methoxy groups -OCH3 is 1. The lowest BCUT2D eigenvalue weighted by molar-refractivity contribution is -0.138. The number of nitrogens with zero attached hydrogens (tertiary/aromatic N) is 1. The number of benzene rings is 1. The largest absolute Gasteiger partial charge is 0.501 e. The van der Waals surface area contributed by atoms with Crippen molar-refractivity contribution < 1.29 is 23.5 Å². The number of alkyl halides is 1. The number of amides is 2. The van der Waals surface area contributed by atoms with Crippen LogP contribution in [0.1, 0.15) is 38.3 Å². The highest BCUT2D eigenvalue weighted by atomic mass is 19.1. The topological polar surface area (TPSA) is 55.8 Å². The maximum Gasteiger partial charge on any atom is 0.421 e. The number of allylic oxidation sites excluding steroid dienone is 4. The molecule has 1 unspecified atom stereocenters. The zero-order valence-corrected chi connectivity index (χ0v) is 16.2. The van der Waals surface area contributed by atoms with Crippen molar-refractivity contribution in [1.29, 1.82) is 0 Å². The van der Waals surface area contributed by atoms with E-state index in [0.29, 0.717) is 5.76 Å². The van der Waals surface area contributed by atoms with Crippen LogP contribution in [0.4, 0.5) is 9.18 Å². The molecule has 6 heteroatoms. The highest BCUT2D eigenvalue weighted by Gasteiger charge is 2.62. The number of fused-ring (bicyclic) bond motifs is 1. The Balaban J connectivity index is 2.09. The van der Waals surface area contributed by atoms with Crippen LogP contribution in [-0.2, 0) is 19.9 Å². The summed E-state index contributed by atoms with van der Waals surface area (Å²) in [7, 11) is 1.50. The molecular weight excluding hydrogens is 349 g/mol. The van der Waals surface area contributed by atoms with Gasteiger partial charge in [-0.05, 0) is 45.4 Å². The van der Waals surface area contributed by atoms with Gasteiger partial charge in [-0.25, -0.2) is 14.1 Å². The number of carbonyl (C=O) groups is 2. The Kier molecular flexibility index (Phi) is 4.62. The second-order valence-electron chi connectivity index (χ2n) is 7.88. The molecule has 1 heterocycles. The molecule has 2 aliphatic rings. The smallest absolute Gasteiger partial charge is 0.421 e. The molecule has 3 rings (SSSR count). The van der Waals surface area contributed by atoms with Gasteiger partial charge >= 0.3 is 6.09 Å². The number of likely N-dealkylation sites (tertiary alicyclic amines) is 1. The first-order valence-corrected chi connectivity index (χ1v) is 8.86. The number of halogens is 1. The maximum absolute atomic E-state index is 16.3. The van der Waals surface area contributed by atoms with Crippen molar-refractivity contribution in [3.8, 4) is 0 Å². The summed E-state index contributed by atoms with van der Waals surface area (Å²) in [6.07, 6.45) is 2.52. The highest BCUT2D eigenvalue weighted by molar-refractivity contribution is 6.03. The van der Waals surface area contributed by atoms with Crippen LogP contribution >= 0.6 is 0 Å². The first-order valence-electron chi connectivity index (χ1n) is 8.86. The predicted molar refractivity (Wildman–Crippen MR) is 98.3 cm³/mol. The third kappa shape index (κ3) is 3.24. The molecule has 0 N–H and O–H groups in total. The molecule has 5 nitrogen and oxygen atoms in total. The van der Waals surface area contributed by atoms with Crippen LogP contribution in [0.3, 0.4) is 0 Å². The van der Waals surface area contributed by atoms with Crippen LogP contribution in [-0.4, -0.2) is 29.6 Å². The number of carbonyl (C=O) groups excluding carboxylic acids is 2. The Morgan fingerprint density at radius 1 is 1.22 bits per heavy atom. The van der Waals surface area contributed by atoms with Crippen LogP contribution in [0, 0.1) is 12.8 Å². The van der Waals surface area contributed by atoms with E-state index < -0.39 is 29.2 Å². The van der Waals surface area contributed by atoms with Gasteiger partial charge in [0, 0.05) is 12.1 Å². The van der Waals surface area contributed by atoms with Crippen molar-refractivity contribution >= 4 is 12.0 Å². The van der Waals surface area contributed by atoms with Gasteiger partial charge in [-0.2, -0.15) is 0 Å². The zero-order valence-electron chi connectivity index (χ0n) is 16.2. The van der Waals surface area contributed by atoms with Gasteiger partial charge in [-0.3, -0.25) is 4.79 Å². The van der Waals surface area contributed by atoms with Gasteiger partial charge in [-0.15, -0.1) is 0 Å². The van der Waals surface area contributed by atoms with Gasteiger partial charge in [0.05, 0.1) is 18.8 Å². The van der Waals surface area contributed by atoms with E-state index in [4.69, 9.17) is 9.47 Å². The van der Waals surface area contributed by atoms with Gasteiger partial charge in [0.15, 0.2) is 0 Å². The fourth-order valence-electron chi connectivity index (χ4n) is 3.44. The molecule has 0 bridgehead atoms. The van der Waals surface area contributed by atoms with Crippen molar-refractivity contribution in [2.24, 2.45) is 5.92 Å². The van der Waals surface area contributed by atoms with E-state index in [1.54, 1.807) is 57.2 Å². The standard InChI is InChI=1S/C21H24FNO4/c1-13-6-8-14(9-7-13)21(22)16-12-15(26-5)10-11-17(16)23(18(21)24)19(25)27-20(2,3)4/h6-11,16H,12H2,1-5H3/t16?,21-/m1/s1. The molecular formula is C21H24FNO4. The molecule has 1 aromatic carbocycles. The fraction of sp³-hybridized carbons (Fsp3) is 0.429. The monoisotopic (exact) mass is 373 g/mol. The summed E-state index contributed by atoms with van der Waals surface area (Å²) < 4.78 is 26.9. The third-order valence-electron chi connectivity index (χ3n) is 4.76. The summed E-state index contributed by atoms with van der Waals surface area (Å²) in [5.41, 5.74) is -1.71. The molecule has 0 radical (unpaired) electrons. The van der Waals surface area contributed by atoms with Crippen LogP contribution in [0.5, 0.6) is 0 Å². The van der Waals surface area contributed by atoms with Crippen LogP contribution < -0.4 is 0 Å². The molecule has 1 aliphatic heterocycles. The van der Waals surface area contributed by atoms with E-state index in [9.17, 15) is 9.59 Å². The minimum absolute atomic E-state index is 0.178. The summed E-state index contributed by atoms with van der Waals surface area (Å²) in [5.74, 6) is -1.24. The quantitative estimate of drug-likeness (QED) is 0.772. The van der Waals surface area contributed by atoms with E-state index in [1.165, 1.54) is 7.11 Å². The van der Waals surface area contributed by atoms with Crippen molar-refractivity contribution in [3.05, 3.63) is 59.0 Å². The Morgan fingerprint density at radius 3 is 2.41 bits per heavy atom. The van der Waals surface area contributed by atoms with Crippen LogP contribution in [0.15, 0.2) is 47.9 Å². The van der Waals surface area contributed by atoms with Crippen LogP contribution in [0.2, 0.25) is 0 Å². The van der Waals surface area contributed by atoms with Gasteiger partial charge < -0.3 is 9.47 Å². The lowest BCUT2D eigenvalue weighted by Crippen LogP contribution is -2.41. The molecule has 0 spiro atoms. The number of aryl methyl sites for hydroxylation is 1. The first-order chi connectivity index (χ1) is 12.6. The second kappa shape index (κ2) is 6.51. The minimum atomic E-state index is -2.37. The molecule has 2 atom stereocenters. The first kappa shape index (κ1) is 19.1. The van der Waals surface area contributed by atoms with Gasteiger partial charge in [0.25, 0.3) is 5.91 Å². The maximum atomic E-state index is 16.3. The lowest BCUT2D eigenvalue weighted by atomic mass is 9.79. The molecule has 2 amide bonds. The van der Waals surface area contributed by atoms with Crippen LogP contribution in [0.25, 0.3) is 0 Å². The zero-order chi connectivity index (χ0) is 20.0. The molecule has 1 fully saturated rings. The summed E-state index contributed by atoms with van der Waals surface area (Å²) in [6, 6.07) is 6.68. The fourth-order valence-corrected chi connectivity index (χ4v) is 3.44. The Labute approximate surface area is 158 Å². The highest BCUT2D eigenvalue weighted by Crippen LogP contribution is 2.51. The van der Waals surface area contributed by atoms with E-state index in [2.05, 4.69) is 0 Å². The van der Waals surface area contributed by atoms with Crippen molar-refractivity contribution in [1.82, 2.24) is 4.90 Å². The van der Waals surface area contributed by atoms with Gasteiger partial charge in [-0.1, -0.05) is 29.8 Å². The van der Waals surface area contributed by atoms with Crippen molar-refractivity contribution in [2.45, 2.75) is 45.4 Å². The predicted octanol–water partition coefficient (Wildman–Crippen LogP) is 4.37. The lowest BCUT2D eigenvalue weighted by Gasteiger charge is -2.27. The number of ether oxygens (including phenoxy) is 2. The Bertz CT molecular complexity index is 835. The van der Waals surface area contributed by atoms with E-state index in [-0.39, 0.29) is 17.7 Å². The summed E-state index contributed by atoms with van der Waals surface area (Å²) in [6.45, 7) is 6.98. The molecule has 0 aromatic heterocycles. The van der Waals surface area contributed by atoms with E-state index in [1.807, 2.05) is 6.92 Å². The molecule has 144 valence electrons. The Hall–Kier alpha value is -2.63. The summed E-state index contributed by atoms with van der Waals surface area (Å²) in [4.78, 5) is 26.7. The third-order valence-corrected chi connectivity index (χ3v) is 4.76. The SMILES string of the molecule is COC1=CC=C2C(C1)[C@](F)(c1ccc(C)cc1)C(=O)N2C(=O)OC(C)(C)C. The van der Waals surface area contributed by atoms with Crippen molar-refractivity contribution in [2.75, 3.05) is 7.11 Å². The van der Waals surface area contributed by atoms with Gasteiger partial charge in [0.2, 0.25) is 5.67 Å². The number of hydrogen-bond donors (Lipinski definition) is 0. The van der Waals surface area contributed by atoms with Gasteiger partial charge in [0.1, 0.15) is 5.60 Å². The Morgan fingerprint density at radius 2 is 1.85 bits per heavy atom.